The summed E-state index contributed by atoms with van der Waals surface area (Å²) in [5.41, 5.74) is 4.47. The van der Waals surface area contributed by atoms with Crippen LogP contribution in [0, 0.1) is 0 Å². The number of esters is 1. The molecule has 2 aromatic carbocycles. The van der Waals surface area contributed by atoms with Crippen LogP contribution in [0.5, 0.6) is 0 Å². The summed E-state index contributed by atoms with van der Waals surface area (Å²) in [4.78, 5) is 11.7. The van der Waals surface area contributed by atoms with Crippen LogP contribution < -0.4 is 5.32 Å². The second-order valence-electron chi connectivity index (χ2n) is 5.99. The van der Waals surface area contributed by atoms with Gasteiger partial charge in [0, 0.05) is 6.04 Å². The van der Waals surface area contributed by atoms with E-state index in [4.69, 9.17) is 4.74 Å². The Kier molecular flexibility index (Phi) is 5.44. The smallest absolute Gasteiger partial charge is 0.338 e. The first-order chi connectivity index (χ1) is 11.8. The van der Waals surface area contributed by atoms with Crippen LogP contribution in [-0.4, -0.2) is 25.2 Å². The molecule has 0 radical (unpaired) electrons. The zero-order valence-electron chi connectivity index (χ0n) is 14.0. The van der Waals surface area contributed by atoms with E-state index in [-0.39, 0.29) is 5.97 Å². The van der Waals surface area contributed by atoms with E-state index in [1.165, 1.54) is 16.7 Å². The number of hydrogen-bond acceptors (Lipinski definition) is 3. The van der Waals surface area contributed by atoms with E-state index < -0.39 is 0 Å². The first-order valence-corrected chi connectivity index (χ1v) is 8.52. The Hall–Kier alpha value is -2.39. The molecule has 24 heavy (non-hydrogen) atoms. The lowest BCUT2D eigenvalue weighted by Gasteiger charge is -2.23. The molecule has 2 aromatic rings. The van der Waals surface area contributed by atoms with Gasteiger partial charge in [0.25, 0.3) is 0 Å². The number of nitrogens with one attached hydrogen (secondary N) is 1. The molecule has 1 N–H and O–H groups in total. The van der Waals surface area contributed by atoms with Crippen molar-refractivity contribution in [1.82, 2.24) is 5.32 Å². The van der Waals surface area contributed by atoms with Crippen LogP contribution in [0.4, 0.5) is 0 Å². The summed E-state index contributed by atoms with van der Waals surface area (Å²) in [5, 5.41) is 3.56. The molecule has 124 valence electrons. The van der Waals surface area contributed by atoms with Gasteiger partial charge in [0.2, 0.25) is 0 Å². The van der Waals surface area contributed by atoms with Crippen molar-refractivity contribution in [2.24, 2.45) is 0 Å². The second-order valence-corrected chi connectivity index (χ2v) is 5.99. The fraction of sp³-hybridized carbons (Fsp3) is 0.286. The van der Waals surface area contributed by atoms with Gasteiger partial charge in [0.05, 0.1) is 12.2 Å². The summed E-state index contributed by atoms with van der Waals surface area (Å²) in [7, 11) is 0. The summed E-state index contributed by atoms with van der Waals surface area (Å²) in [6, 6.07) is 18.6. The Morgan fingerprint density at radius 2 is 1.88 bits per heavy atom. The topological polar surface area (TPSA) is 38.3 Å². The third kappa shape index (κ3) is 4.12. The Bertz CT molecular complexity index is 704. The van der Waals surface area contributed by atoms with E-state index in [9.17, 15) is 4.79 Å². The maximum Gasteiger partial charge on any atom is 0.338 e. The summed E-state index contributed by atoms with van der Waals surface area (Å²) < 4.78 is 5.03. The third-order valence-corrected chi connectivity index (χ3v) is 4.27. The molecule has 1 aliphatic heterocycles. The highest BCUT2D eigenvalue weighted by atomic mass is 16.5. The molecule has 0 saturated heterocycles. The van der Waals surface area contributed by atoms with Crippen molar-refractivity contribution in [3.05, 3.63) is 77.4 Å². The van der Waals surface area contributed by atoms with Crippen molar-refractivity contribution < 1.29 is 9.53 Å². The highest BCUT2D eigenvalue weighted by Gasteiger charge is 2.15. The fourth-order valence-corrected chi connectivity index (χ4v) is 3.05. The van der Waals surface area contributed by atoms with E-state index in [0.29, 0.717) is 18.2 Å². The second kappa shape index (κ2) is 7.93. The van der Waals surface area contributed by atoms with Crippen LogP contribution >= 0.6 is 0 Å². The predicted molar refractivity (Wildman–Crippen MR) is 96.9 cm³/mol. The van der Waals surface area contributed by atoms with Gasteiger partial charge in [-0.25, -0.2) is 4.79 Å². The van der Waals surface area contributed by atoms with Gasteiger partial charge in [0.15, 0.2) is 0 Å². The Morgan fingerprint density at radius 3 is 2.58 bits per heavy atom. The number of benzene rings is 2. The lowest BCUT2D eigenvalue weighted by atomic mass is 9.94. The molecule has 0 fully saturated rings. The molecule has 3 nitrogen and oxygen atoms in total. The van der Waals surface area contributed by atoms with Crippen LogP contribution in [0.15, 0.2) is 60.7 Å². The number of ether oxygens (including phenoxy) is 1. The zero-order valence-corrected chi connectivity index (χ0v) is 14.0. The van der Waals surface area contributed by atoms with Gasteiger partial charge >= 0.3 is 5.97 Å². The largest absolute Gasteiger partial charge is 0.462 e. The quantitative estimate of drug-likeness (QED) is 0.850. The van der Waals surface area contributed by atoms with Crippen LogP contribution in [0.3, 0.4) is 0 Å². The lowest BCUT2D eigenvalue weighted by Crippen LogP contribution is -2.33. The van der Waals surface area contributed by atoms with E-state index in [1.54, 1.807) is 0 Å². The van der Waals surface area contributed by atoms with Crippen LogP contribution in [-0.2, 0) is 11.2 Å². The van der Waals surface area contributed by atoms with Gasteiger partial charge in [-0.15, -0.1) is 0 Å². The lowest BCUT2D eigenvalue weighted by molar-refractivity contribution is 0.0526. The molecule has 0 saturated carbocycles. The molecule has 0 bridgehead atoms. The number of hydrogen-bond donors (Lipinski definition) is 1. The molecule has 0 aromatic heterocycles. The molecule has 1 aliphatic rings. The summed E-state index contributed by atoms with van der Waals surface area (Å²) in [5.74, 6) is -0.259. The summed E-state index contributed by atoms with van der Waals surface area (Å²) in [6.07, 6.45) is 4.31. The maximum atomic E-state index is 11.7. The van der Waals surface area contributed by atoms with Gasteiger partial charge in [0.1, 0.15) is 0 Å². The van der Waals surface area contributed by atoms with Crippen molar-refractivity contribution >= 4 is 11.5 Å². The number of rotatable bonds is 5. The molecule has 0 aliphatic carbocycles. The highest BCUT2D eigenvalue weighted by molar-refractivity contribution is 5.89. The molecule has 3 rings (SSSR count). The highest BCUT2D eigenvalue weighted by Crippen LogP contribution is 2.23. The van der Waals surface area contributed by atoms with Crippen molar-refractivity contribution in [2.75, 3.05) is 13.2 Å². The summed E-state index contributed by atoms with van der Waals surface area (Å²) in [6.45, 7) is 3.19. The van der Waals surface area contributed by atoms with Crippen molar-refractivity contribution in [3.8, 4) is 0 Å². The normalized spacial score (nSPS) is 17.2. The molecule has 3 heteroatoms. The molecule has 1 unspecified atom stereocenters. The molecular weight excluding hydrogens is 298 g/mol. The van der Waals surface area contributed by atoms with Gasteiger partial charge in [-0.2, -0.15) is 0 Å². The van der Waals surface area contributed by atoms with Crippen LogP contribution in [0.2, 0.25) is 0 Å². The first kappa shape index (κ1) is 16.5. The van der Waals surface area contributed by atoms with Crippen molar-refractivity contribution in [3.63, 3.8) is 0 Å². The van der Waals surface area contributed by atoms with E-state index in [2.05, 4.69) is 35.7 Å². The minimum atomic E-state index is -0.259. The Labute approximate surface area is 143 Å². The molecule has 0 amide bonds. The van der Waals surface area contributed by atoms with Gasteiger partial charge in [-0.05, 0) is 55.1 Å². The van der Waals surface area contributed by atoms with E-state index in [0.717, 1.165) is 19.4 Å². The first-order valence-electron chi connectivity index (χ1n) is 8.52. The SMILES string of the molecule is CCOC(=O)c1ccc(C2=CC(Cc3ccccc3)NCC2)cc1. The molecule has 1 heterocycles. The molecule has 1 atom stereocenters. The van der Waals surface area contributed by atoms with E-state index >= 15 is 0 Å². The number of carbonyl (C=O) groups excluding carboxylic acids is 1. The van der Waals surface area contributed by atoms with Gasteiger partial charge in [-0.1, -0.05) is 48.5 Å². The zero-order chi connectivity index (χ0) is 16.8. The Morgan fingerprint density at radius 1 is 1.12 bits per heavy atom. The summed E-state index contributed by atoms with van der Waals surface area (Å²) >= 11 is 0. The number of carbonyl (C=O) groups is 1. The monoisotopic (exact) mass is 321 g/mol. The molecular formula is C21H23NO2. The Balaban J connectivity index is 1.72. The molecule has 0 spiro atoms. The van der Waals surface area contributed by atoms with Gasteiger partial charge in [-0.3, -0.25) is 0 Å². The van der Waals surface area contributed by atoms with E-state index in [1.807, 2.05) is 37.3 Å². The fourth-order valence-electron chi connectivity index (χ4n) is 3.05. The van der Waals surface area contributed by atoms with Crippen LogP contribution in [0.25, 0.3) is 5.57 Å². The average molecular weight is 321 g/mol. The van der Waals surface area contributed by atoms with Crippen molar-refractivity contribution in [1.29, 1.82) is 0 Å². The third-order valence-electron chi connectivity index (χ3n) is 4.27. The minimum Gasteiger partial charge on any atom is -0.462 e. The predicted octanol–water partition coefficient (Wildman–Crippen LogP) is 3.85. The van der Waals surface area contributed by atoms with Crippen LogP contribution in [0.1, 0.15) is 34.8 Å². The standard InChI is InChI=1S/C21H23NO2/c1-2-24-21(23)18-10-8-17(9-11-18)19-12-13-22-20(15-19)14-16-6-4-3-5-7-16/h3-11,15,20,22H,2,12-14H2,1H3. The minimum absolute atomic E-state index is 0.259. The van der Waals surface area contributed by atoms with Gasteiger partial charge < -0.3 is 10.1 Å². The maximum absolute atomic E-state index is 11.7. The average Bonchev–Trinajstić information content (AvgIpc) is 2.63. The van der Waals surface area contributed by atoms with Crippen molar-refractivity contribution in [2.45, 2.75) is 25.8 Å².